The van der Waals surface area contributed by atoms with Crippen LogP contribution in [0.5, 0.6) is 0 Å². The predicted molar refractivity (Wildman–Crippen MR) is 139 cm³/mol. The van der Waals surface area contributed by atoms with Gasteiger partial charge in [-0.15, -0.1) is 0 Å². The first kappa shape index (κ1) is 24.3. The number of anilines is 2. The number of rotatable bonds is 4. The lowest BCUT2D eigenvalue weighted by Crippen LogP contribution is -2.05. The van der Waals surface area contributed by atoms with Crippen LogP contribution in [0.1, 0.15) is 71.3 Å². The van der Waals surface area contributed by atoms with E-state index in [0.29, 0.717) is 5.92 Å². The molecule has 0 saturated heterocycles. The molecule has 5 heteroatoms. The number of aromatic nitrogens is 3. The van der Waals surface area contributed by atoms with Gasteiger partial charge in [0, 0.05) is 35.9 Å². The van der Waals surface area contributed by atoms with Gasteiger partial charge < -0.3 is 10.3 Å². The first-order valence-electron chi connectivity index (χ1n) is 12.3. The molecular formula is C28H36N4O. The second-order valence-corrected chi connectivity index (χ2v) is 7.78. The smallest absolute Gasteiger partial charge is 0.248 e. The van der Waals surface area contributed by atoms with Gasteiger partial charge in [0.15, 0.2) is 5.65 Å². The lowest BCUT2D eigenvalue weighted by Gasteiger charge is -2.22. The third-order valence-corrected chi connectivity index (χ3v) is 5.89. The van der Waals surface area contributed by atoms with E-state index in [1.807, 2.05) is 56.5 Å². The Hall–Kier alpha value is -3.34. The number of nitrogens with one attached hydrogen (secondary N) is 2. The summed E-state index contributed by atoms with van der Waals surface area (Å²) in [5.41, 5.74) is 5.95. The van der Waals surface area contributed by atoms with Crippen LogP contribution in [-0.4, -0.2) is 14.4 Å². The van der Waals surface area contributed by atoms with Crippen molar-refractivity contribution in [2.45, 2.75) is 65.7 Å². The molecule has 1 fully saturated rings. The Balaban J connectivity index is 0.000000728. The molecule has 3 heterocycles. The molecule has 0 unspecified atom stereocenters. The number of hydrogen-bond acceptors (Lipinski definition) is 3. The number of imidazole rings is 1. The maximum atomic E-state index is 11.7. The zero-order chi connectivity index (χ0) is 23.6. The van der Waals surface area contributed by atoms with Crippen molar-refractivity contribution in [3.8, 4) is 11.3 Å². The van der Waals surface area contributed by atoms with Gasteiger partial charge in [0.25, 0.3) is 0 Å². The highest BCUT2D eigenvalue weighted by Gasteiger charge is 2.15. The van der Waals surface area contributed by atoms with Crippen LogP contribution in [0.15, 0.2) is 71.9 Å². The molecule has 0 aliphatic heterocycles. The SMILES string of the molecule is CC.CC.O=c1cc(-c2ccc(Nc3ccc(C4CCCCC4)cc3)c3nccn23)cc[nH]1. The van der Waals surface area contributed by atoms with Crippen molar-refractivity contribution in [1.29, 1.82) is 0 Å². The Morgan fingerprint density at radius 2 is 1.67 bits per heavy atom. The molecule has 0 bridgehead atoms. The lowest BCUT2D eigenvalue weighted by molar-refractivity contribution is 0.443. The summed E-state index contributed by atoms with van der Waals surface area (Å²) in [5, 5.41) is 3.50. The van der Waals surface area contributed by atoms with E-state index in [1.54, 1.807) is 18.5 Å². The molecule has 174 valence electrons. The first-order valence-corrected chi connectivity index (χ1v) is 12.3. The van der Waals surface area contributed by atoms with Crippen molar-refractivity contribution in [1.82, 2.24) is 14.4 Å². The van der Waals surface area contributed by atoms with Crippen molar-refractivity contribution < 1.29 is 0 Å². The number of H-pyrrole nitrogens is 1. The van der Waals surface area contributed by atoms with E-state index < -0.39 is 0 Å². The van der Waals surface area contributed by atoms with E-state index >= 15 is 0 Å². The molecule has 33 heavy (non-hydrogen) atoms. The van der Waals surface area contributed by atoms with E-state index in [0.717, 1.165) is 28.3 Å². The fraction of sp³-hybridized carbons (Fsp3) is 0.357. The van der Waals surface area contributed by atoms with Crippen molar-refractivity contribution >= 4 is 17.0 Å². The Kier molecular flexibility index (Phi) is 8.87. The Morgan fingerprint density at radius 3 is 2.36 bits per heavy atom. The normalized spacial score (nSPS) is 13.5. The number of aromatic amines is 1. The third kappa shape index (κ3) is 5.72. The van der Waals surface area contributed by atoms with Crippen molar-refractivity contribution in [2.24, 2.45) is 0 Å². The summed E-state index contributed by atoms with van der Waals surface area (Å²) in [4.78, 5) is 18.9. The fourth-order valence-corrected chi connectivity index (χ4v) is 4.38. The molecule has 0 radical (unpaired) electrons. The lowest BCUT2D eigenvalue weighted by atomic mass is 9.84. The third-order valence-electron chi connectivity index (χ3n) is 5.89. The summed E-state index contributed by atoms with van der Waals surface area (Å²) in [6.45, 7) is 8.00. The summed E-state index contributed by atoms with van der Waals surface area (Å²) < 4.78 is 2.01. The van der Waals surface area contributed by atoms with Crippen LogP contribution in [0.3, 0.4) is 0 Å². The molecule has 3 aromatic heterocycles. The molecule has 1 saturated carbocycles. The second-order valence-electron chi connectivity index (χ2n) is 7.78. The molecule has 5 nitrogen and oxygen atoms in total. The van der Waals surface area contributed by atoms with Gasteiger partial charge in [0.2, 0.25) is 5.56 Å². The number of hydrogen-bond donors (Lipinski definition) is 2. The minimum atomic E-state index is -0.115. The number of pyridine rings is 2. The van der Waals surface area contributed by atoms with Crippen molar-refractivity contribution in [3.05, 3.63) is 83.0 Å². The average Bonchev–Trinajstić information content (AvgIpc) is 3.38. The van der Waals surface area contributed by atoms with Gasteiger partial charge in [-0.3, -0.25) is 9.20 Å². The van der Waals surface area contributed by atoms with Crippen LogP contribution in [-0.2, 0) is 0 Å². The molecule has 1 aliphatic carbocycles. The first-order chi connectivity index (χ1) is 16.3. The number of nitrogens with zero attached hydrogens (tertiary/aromatic N) is 2. The highest BCUT2D eigenvalue weighted by molar-refractivity contribution is 5.78. The van der Waals surface area contributed by atoms with Crippen LogP contribution in [0.25, 0.3) is 16.9 Å². The molecule has 0 atom stereocenters. The molecule has 4 aromatic rings. The quantitative estimate of drug-likeness (QED) is 0.342. The summed E-state index contributed by atoms with van der Waals surface area (Å²) in [7, 11) is 0. The minimum Gasteiger partial charge on any atom is -0.352 e. The summed E-state index contributed by atoms with van der Waals surface area (Å²) in [6.07, 6.45) is 12.1. The molecule has 2 N–H and O–H groups in total. The molecule has 5 rings (SSSR count). The molecule has 0 spiro atoms. The number of benzene rings is 1. The Morgan fingerprint density at radius 1 is 0.939 bits per heavy atom. The topological polar surface area (TPSA) is 62.2 Å². The molecule has 1 aromatic carbocycles. The molecular weight excluding hydrogens is 408 g/mol. The van der Waals surface area contributed by atoms with Gasteiger partial charge in [-0.2, -0.15) is 0 Å². The highest BCUT2D eigenvalue weighted by Crippen LogP contribution is 2.33. The van der Waals surface area contributed by atoms with Crippen LogP contribution in [0.2, 0.25) is 0 Å². The van der Waals surface area contributed by atoms with Crippen LogP contribution < -0.4 is 10.9 Å². The maximum absolute atomic E-state index is 11.7. The maximum Gasteiger partial charge on any atom is 0.248 e. The van der Waals surface area contributed by atoms with E-state index in [2.05, 4.69) is 39.6 Å². The Labute approximate surface area is 196 Å². The van der Waals surface area contributed by atoms with Gasteiger partial charge in [0.1, 0.15) is 0 Å². The second kappa shape index (κ2) is 12.0. The standard InChI is InChI=1S/C24H24N4O.2C2H6/c29-23-16-19(12-13-25-23)22-11-10-21(24-26-14-15-28(22)24)27-20-8-6-18(7-9-20)17-4-2-1-3-5-17;2*1-2/h6-17,27H,1-5H2,(H,25,29);2*1-2H3. The Bertz CT molecular complexity index is 1180. The van der Waals surface area contributed by atoms with Crippen LogP contribution >= 0.6 is 0 Å². The van der Waals surface area contributed by atoms with E-state index in [1.165, 1.54) is 37.7 Å². The molecule has 0 amide bonds. The van der Waals surface area contributed by atoms with Crippen molar-refractivity contribution in [3.63, 3.8) is 0 Å². The largest absolute Gasteiger partial charge is 0.352 e. The van der Waals surface area contributed by atoms with E-state index in [4.69, 9.17) is 0 Å². The van der Waals surface area contributed by atoms with Crippen molar-refractivity contribution in [2.75, 3.05) is 5.32 Å². The van der Waals surface area contributed by atoms with Crippen LogP contribution in [0, 0.1) is 0 Å². The van der Waals surface area contributed by atoms with Gasteiger partial charge >= 0.3 is 0 Å². The molecule has 1 aliphatic rings. The van der Waals surface area contributed by atoms with E-state index in [-0.39, 0.29) is 5.56 Å². The minimum absolute atomic E-state index is 0.115. The summed E-state index contributed by atoms with van der Waals surface area (Å²) in [6, 6.07) is 16.4. The highest BCUT2D eigenvalue weighted by atomic mass is 16.1. The average molecular weight is 445 g/mol. The van der Waals surface area contributed by atoms with Gasteiger partial charge in [-0.1, -0.05) is 59.1 Å². The zero-order valence-electron chi connectivity index (χ0n) is 20.3. The monoisotopic (exact) mass is 444 g/mol. The zero-order valence-corrected chi connectivity index (χ0v) is 20.3. The summed E-state index contributed by atoms with van der Waals surface area (Å²) in [5.74, 6) is 0.713. The fourth-order valence-electron chi connectivity index (χ4n) is 4.38. The van der Waals surface area contributed by atoms with E-state index in [9.17, 15) is 4.79 Å². The van der Waals surface area contributed by atoms with Gasteiger partial charge in [0.05, 0.1) is 11.4 Å². The number of fused-ring (bicyclic) bond motifs is 1. The summed E-state index contributed by atoms with van der Waals surface area (Å²) >= 11 is 0. The van der Waals surface area contributed by atoms with Crippen LogP contribution in [0.4, 0.5) is 11.4 Å². The predicted octanol–water partition coefficient (Wildman–Crippen LogP) is 7.53. The van der Waals surface area contributed by atoms with Gasteiger partial charge in [-0.25, -0.2) is 4.98 Å². The van der Waals surface area contributed by atoms with Gasteiger partial charge in [-0.05, 0) is 54.7 Å².